The van der Waals surface area contributed by atoms with E-state index in [4.69, 9.17) is 21.6 Å². The fourth-order valence-electron chi connectivity index (χ4n) is 3.17. The Hall–Kier alpha value is -2.28. The predicted octanol–water partition coefficient (Wildman–Crippen LogP) is 5.70. The van der Waals surface area contributed by atoms with Gasteiger partial charge < -0.3 is 4.74 Å². The molecule has 0 saturated heterocycles. The van der Waals surface area contributed by atoms with Crippen molar-refractivity contribution >= 4 is 17.6 Å². The summed E-state index contributed by atoms with van der Waals surface area (Å²) in [6.45, 7) is 1.76. The molecular weight excluding hydrogens is 443 g/mol. The van der Waals surface area contributed by atoms with Crippen LogP contribution in [0.4, 0.5) is 30.7 Å². The number of alkyl halides is 3. The second-order valence-electron chi connectivity index (χ2n) is 7.32. The zero-order valence-corrected chi connectivity index (χ0v) is 16.4. The lowest BCUT2D eigenvalue weighted by Crippen LogP contribution is -2.15. The Labute approximate surface area is 172 Å². The minimum atomic E-state index is -4.80. The number of hydrogen-bond donors (Lipinski definition) is 0. The van der Waals surface area contributed by atoms with Crippen molar-refractivity contribution in [2.45, 2.75) is 39.5 Å². The van der Waals surface area contributed by atoms with E-state index in [0.29, 0.717) is 6.08 Å². The lowest BCUT2D eigenvalue weighted by atomic mass is 10.0. The van der Waals surface area contributed by atoms with Crippen LogP contribution in [-0.2, 0) is 22.6 Å². The average molecular weight is 458 g/mol. The minimum Gasteiger partial charge on any atom is -0.460 e. The highest BCUT2D eigenvalue weighted by atomic mass is 35.5. The number of nitriles is 1. The maximum absolute atomic E-state index is 14.1. The summed E-state index contributed by atoms with van der Waals surface area (Å²) in [6.07, 6.45) is -5.10. The summed E-state index contributed by atoms with van der Waals surface area (Å²) in [5.41, 5.74) is -3.10. The van der Waals surface area contributed by atoms with Gasteiger partial charge in [-0.1, -0.05) is 31.5 Å². The van der Waals surface area contributed by atoms with Crippen molar-refractivity contribution in [3.8, 4) is 6.07 Å². The Morgan fingerprint density at radius 3 is 2.10 bits per heavy atom. The maximum atomic E-state index is 14.1. The van der Waals surface area contributed by atoms with Crippen LogP contribution in [0.2, 0.25) is 0 Å². The average Bonchev–Trinajstić information content (AvgIpc) is 3.19. The topological polar surface area (TPSA) is 50.1 Å². The van der Waals surface area contributed by atoms with Gasteiger partial charge in [-0.25, -0.2) is 17.6 Å². The first-order valence-electron chi connectivity index (χ1n) is 8.56. The predicted molar refractivity (Wildman–Crippen MR) is 90.8 cm³/mol. The molecular formula is C19H15ClF7NO2. The number of halogens is 8. The number of benzene rings is 1. The van der Waals surface area contributed by atoms with Crippen LogP contribution in [-0.4, -0.2) is 12.1 Å². The second kappa shape index (κ2) is 8.46. The molecule has 3 nitrogen and oxygen atoms in total. The summed E-state index contributed by atoms with van der Waals surface area (Å²) in [6, 6.07) is 1.59. The molecule has 0 unspecified atom stereocenters. The third kappa shape index (κ3) is 4.56. The van der Waals surface area contributed by atoms with Crippen molar-refractivity contribution in [1.29, 1.82) is 5.26 Å². The standard InChI is InChI=1S/C19H15ClF7NO2/c1-18(2)10(6-11(20)19(25,26)27)12(18)17(29)30-7-9-15(23)13(21)8(4-3-5-28)14(22)16(9)24/h6,10,12H,3-4,7H2,1-2H3/b11-6-/t10-,12-/m1/s1. The largest absolute Gasteiger partial charge is 0.460 e. The van der Waals surface area contributed by atoms with Crippen LogP contribution in [0.25, 0.3) is 0 Å². The van der Waals surface area contributed by atoms with Crippen molar-refractivity contribution in [3.05, 3.63) is 45.5 Å². The Morgan fingerprint density at radius 1 is 1.13 bits per heavy atom. The monoisotopic (exact) mass is 457 g/mol. The van der Waals surface area contributed by atoms with Crippen LogP contribution in [0.1, 0.15) is 31.4 Å². The summed E-state index contributed by atoms with van der Waals surface area (Å²) >= 11 is 5.17. The lowest BCUT2D eigenvalue weighted by Gasteiger charge is -2.12. The molecule has 1 aliphatic carbocycles. The van der Waals surface area contributed by atoms with Gasteiger partial charge in [0, 0.05) is 12.0 Å². The molecule has 0 N–H and O–H groups in total. The molecule has 0 heterocycles. The zero-order chi connectivity index (χ0) is 23.0. The van der Waals surface area contributed by atoms with E-state index in [0.717, 1.165) is 0 Å². The number of carbonyl (C=O) groups is 1. The summed E-state index contributed by atoms with van der Waals surface area (Å²) in [7, 11) is 0. The summed E-state index contributed by atoms with van der Waals surface area (Å²) in [5.74, 6) is -10.1. The Kier molecular flexibility index (Phi) is 6.76. The van der Waals surface area contributed by atoms with Crippen LogP contribution in [0.3, 0.4) is 0 Å². The van der Waals surface area contributed by atoms with E-state index < -0.39 is 81.9 Å². The number of carbonyl (C=O) groups excluding carboxylic acids is 1. The molecule has 1 aromatic rings. The van der Waals surface area contributed by atoms with Gasteiger partial charge in [-0.3, -0.25) is 4.79 Å². The Bertz CT molecular complexity index is 905. The molecule has 0 bridgehead atoms. The van der Waals surface area contributed by atoms with Gasteiger partial charge in [0.2, 0.25) is 0 Å². The molecule has 0 aliphatic heterocycles. The highest BCUT2D eigenvalue weighted by Crippen LogP contribution is 2.60. The van der Waals surface area contributed by atoms with Gasteiger partial charge in [0.1, 0.15) is 11.6 Å². The molecule has 1 saturated carbocycles. The van der Waals surface area contributed by atoms with Crippen molar-refractivity contribution in [1.82, 2.24) is 0 Å². The van der Waals surface area contributed by atoms with Gasteiger partial charge in [0.15, 0.2) is 23.3 Å². The highest BCUT2D eigenvalue weighted by Gasteiger charge is 2.62. The van der Waals surface area contributed by atoms with Crippen molar-refractivity contribution in [2.75, 3.05) is 0 Å². The molecule has 164 valence electrons. The number of esters is 1. The molecule has 1 aromatic carbocycles. The molecule has 30 heavy (non-hydrogen) atoms. The minimum absolute atomic E-state index is 0.382. The third-order valence-corrected chi connectivity index (χ3v) is 5.39. The van der Waals surface area contributed by atoms with Crippen molar-refractivity contribution < 1.29 is 40.3 Å². The van der Waals surface area contributed by atoms with E-state index in [2.05, 4.69) is 0 Å². The first-order chi connectivity index (χ1) is 13.7. The Balaban J connectivity index is 2.18. The molecule has 0 radical (unpaired) electrons. The molecule has 11 heteroatoms. The molecule has 1 fully saturated rings. The van der Waals surface area contributed by atoms with Crippen LogP contribution in [0, 0.1) is 51.9 Å². The first kappa shape index (κ1) is 24.0. The smallest absolute Gasteiger partial charge is 0.426 e. The highest BCUT2D eigenvalue weighted by molar-refractivity contribution is 6.30. The molecule has 0 spiro atoms. The number of nitrogens with zero attached hydrogens (tertiary/aromatic N) is 1. The van der Waals surface area contributed by atoms with Gasteiger partial charge in [-0.2, -0.15) is 18.4 Å². The van der Waals surface area contributed by atoms with Gasteiger partial charge in [-0.15, -0.1) is 0 Å². The fourth-order valence-corrected chi connectivity index (χ4v) is 3.31. The number of hydrogen-bond acceptors (Lipinski definition) is 3. The van der Waals surface area contributed by atoms with E-state index in [1.165, 1.54) is 13.8 Å². The summed E-state index contributed by atoms with van der Waals surface area (Å²) in [4.78, 5) is 12.2. The third-order valence-electron chi connectivity index (χ3n) is 5.05. The van der Waals surface area contributed by atoms with Crippen molar-refractivity contribution in [3.63, 3.8) is 0 Å². The Morgan fingerprint density at radius 2 is 1.63 bits per heavy atom. The quantitative estimate of drug-likeness (QED) is 0.313. The van der Waals surface area contributed by atoms with E-state index in [1.54, 1.807) is 6.07 Å². The van der Waals surface area contributed by atoms with Crippen LogP contribution in [0.5, 0.6) is 0 Å². The van der Waals surface area contributed by atoms with Crippen LogP contribution >= 0.6 is 11.6 Å². The van der Waals surface area contributed by atoms with E-state index in [-0.39, 0.29) is 6.42 Å². The SMILES string of the molecule is CC1(C)[C@H](/C=C(\Cl)C(F)(F)F)[C@@H]1C(=O)OCc1c(F)c(F)c(CCC#N)c(F)c1F. The summed E-state index contributed by atoms with van der Waals surface area (Å²) < 4.78 is 98.7. The van der Waals surface area contributed by atoms with E-state index in [9.17, 15) is 35.5 Å². The number of allylic oxidation sites excluding steroid dienone is 2. The van der Waals surface area contributed by atoms with Crippen LogP contribution < -0.4 is 0 Å². The van der Waals surface area contributed by atoms with Gasteiger partial charge >= 0.3 is 12.1 Å². The van der Waals surface area contributed by atoms with Gasteiger partial charge in [-0.05, 0) is 17.8 Å². The normalized spacial score (nSPS) is 20.6. The molecule has 0 aromatic heterocycles. The number of ether oxygens (including phenoxy) is 1. The molecule has 1 aliphatic rings. The van der Waals surface area contributed by atoms with Crippen molar-refractivity contribution in [2.24, 2.45) is 17.3 Å². The first-order valence-corrected chi connectivity index (χ1v) is 8.94. The fraction of sp³-hybridized carbons (Fsp3) is 0.474. The molecule has 2 rings (SSSR count). The van der Waals surface area contributed by atoms with Gasteiger partial charge in [0.25, 0.3) is 0 Å². The van der Waals surface area contributed by atoms with Gasteiger partial charge in [0.05, 0.1) is 17.6 Å². The zero-order valence-electron chi connectivity index (χ0n) is 15.6. The maximum Gasteiger partial charge on any atom is 0.426 e. The number of rotatable bonds is 6. The summed E-state index contributed by atoms with van der Waals surface area (Å²) in [5, 5.41) is 7.03. The second-order valence-corrected chi connectivity index (χ2v) is 7.72. The molecule has 0 amide bonds. The lowest BCUT2D eigenvalue weighted by molar-refractivity contribution is -0.147. The van der Waals surface area contributed by atoms with E-state index >= 15 is 0 Å². The van der Waals surface area contributed by atoms with Crippen LogP contribution in [0.15, 0.2) is 11.1 Å². The molecule has 2 atom stereocenters. The van der Waals surface area contributed by atoms with E-state index in [1.807, 2.05) is 0 Å².